The maximum absolute atomic E-state index is 12.3. The average Bonchev–Trinajstić information content (AvgIpc) is 2.62. The molecule has 0 atom stereocenters. The summed E-state index contributed by atoms with van der Waals surface area (Å²) in [6, 6.07) is 16.0. The smallest absolute Gasteiger partial charge is 0.276 e. The number of ether oxygens (including phenoxy) is 1. The van der Waals surface area contributed by atoms with Crippen LogP contribution in [-0.2, 0) is 0 Å². The van der Waals surface area contributed by atoms with E-state index in [9.17, 15) is 4.79 Å². The zero-order valence-electron chi connectivity index (χ0n) is 14.3. The molecule has 0 spiro atoms. The first-order valence-electron chi connectivity index (χ1n) is 7.87. The van der Waals surface area contributed by atoms with Crippen LogP contribution in [-0.4, -0.2) is 23.2 Å². The normalized spacial score (nSPS) is 10.3. The van der Waals surface area contributed by atoms with E-state index in [4.69, 9.17) is 16.3 Å². The molecule has 0 aliphatic carbocycles. The van der Waals surface area contributed by atoms with Crippen molar-refractivity contribution in [1.82, 2.24) is 10.2 Å². The zero-order valence-corrected chi connectivity index (χ0v) is 15.0. The Morgan fingerprint density at radius 3 is 2.62 bits per heavy atom. The first-order chi connectivity index (χ1) is 12.5. The number of hydrogen-bond donors (Lipinski definition) is 2. The predicted octanol–water partition coefficient (Wildman–Crippen LogP) is 4.44. The molecule has 132 valence electrons. The van der Waals surface area contributed by atoms with Crippen molar-refractivity contribution < 1.29 is 9.53 Å². The molecule has 0 radical (unpaired) electrons. The number of halogens is 1. The summed E-state index contributed by atoms with van der Waals surface area (Å²) >= 11 is 6.01. The number of amides is 1. The molecule has 1 heterocycles. The number of rotatable bonds is 5. The maximum atomic E-state index is 12.3. The molecule has 3 rings (SSSR count). The van der Waals surface area contributed by atoms with E-state index in [-0.39, 0.29) is 11.6 Å². The molecule has 26 heavy (non-hydrogen) atoms. The minimum absolute atomic E-state index is 0.218. The summed E-state index contributed by atoms with van der Waals surface area (Å²) in [6.45, 7) is 1.96. The third kappa shape index (κ3) is 4.29. The summed E-state index contributed by atoms with van der Waals surface area (Å²) in [5.74, 6) is 0.769. The highest BCUT2D eigenvalue weighted by Gasteiger charge is 2.10. The molecule has 3 aromatic rings. The fraction of sp³-hybridized carbons (Fsp3) is 0.105. The van der Waals surface area contributed by atoms with E-state index < -0.39 is 0 Å². The molecule has 1 amide bonds. The molecule has 0 aliphatic rings. The lowest BCUT2D eigenvalue weighted by Gasteiger charge is -2.11. The quantitative estimate of drug-likeness (QED) is 0.696. The van der Waals surface area contributed by atoms with Gasteiger partial charge in [-0.15, -0.1) is 10.2 Å². The Morgan fingerprint density at radius 2 is 1.92 bits per heavy atom. The Balaban J connectivity index is 1.72. The highest BCUT2D eigenvalue weighted by molar-refractivity contribution is 6.31. The van der Waals surface area contributed by atoms with Crippen molar-refractivity contribution in [2.45, 2.75) is 6.92 Å². The molecule has 2 N–H and O–H groups in total. The van der Waals surface area contributed by atoms with E-state index in [0.29, 0.717) is 28.0 Å². The monoisotopic (exact) mass is 368 g/mol. The summed E-state index contributed by atoms with van der Waals surface area (Å²) in [6.07, 6.45) is 0. The number of methoxy groups -OCH3 is 1. The average molecular weight is 369 g/mol. The van der Waals surface area contributed by atoms with Gasteiger partial charge in [-0.3, -0.25) is 4.79 Å². The van der Waals surface area contributed by atoms with E-state index >= 15 is 0 Å². The largest absolute Gasteiger partial charge is 0.495 e. The molecule has 0 fully saturated rings. The summed E-state index contributed by atoms with van der Waals surface area (Å²) in [7, 11) is 1.57. The van der Waals surface area contributed by atoms with Gasteiger partial charge >= 0.3 is 0 Å². The van der Waals surface area contributed by atoms with Crippen molar-refractivity contribution in [2.75, 3.05) is 17.7 Å². The number of carbonyl (C=O) groups is 1. The van der Waals surface area contributed by atoms with Crippen LogP contribution in [0.1, 0.15) is 16.1 Å². The Kier molecular flexibility index (Phi) is 5.34. The number of nitrogens with one attached hydrogen (secondary N) is 2. The molecule has 0 saturated carbocycles. The van der Waals surface area contributed by atoms with Gasteiger partial charge < -0.3 is 15.4 Å². The van der Waals surface area contributed by atoms with Crippen LogP contribution in [0.5, 0.6) is 5.75 Å². The first-order valence-corrected chi connectivity index (χ1v) is 8.25. The lowest BCUT2D eigenvalue weighted by atomic mass is 10.2. The van der Waals surface area contributed by atoms with Crippen LogP contribution in [0.15, 0.2) is 54.6 Å². The van der Waals surface area contributed by atoms with E-state index in [1.54, 1.807) is 37.4 Å². The first kappa shape index (κ1) is 17.7. The van der Waals surface area contributed by atoms with Crippen LogP contribution in [0, 0.1) is 6.92 Å². The van der Waals surface area contributed by atoms with Gasteiger partial charge in [-0.1, -0.05) is 23.7 Å². The van der Waals surface area contributed by atoms with Crippen molar-refractivity contribution in [2.24, 2.45) is 0 Å². The number of aromatic nitrogens is 2. The molecule has 0 aliphatic heterocycles. The molecule has 0 bridgehead atoms. The molecule has 7 heteroatoms. The summed E-state index contributed by atoms with van der Waals surface area (Å²) < 4.78 is 5.28. The fourth-order valence-corrected chi connectivity index (χ4v) is 2.53. The third-order valence-electron chi connectivity index (χ3n) is 3.60. The summed E-state index contributed by atoms with van der Waals surface area (Å²) in [5.41, 5.74) is 2.65. The minimum Gasteiger partial charge on any atom is -0.495 e. The van der Waals surface area contributed by atoms with Gasteiger partial charge in [0.1, 0.15) is 5.75 Å². The van der Waals surface area contributed by atoms with Gasteiger partial charge in [0, 0.05) is 10.7 Å². The lowest BCUT2D eigenvalue weighted by Crippen LogP contribution is -2.14. The van der Waals surface area contributed by atoms with Gasteiger partial charge in [-0.05, 0) is 55.0 Å². The van der Waals surface area contributed by atoms with Crippen LogP contribution in [0.25, 0.3) is 0 Å². The van der Waals surface area contributed by atoms with Crippen LogP contribution in [0.3, 0.4) is 0 Å². The molecule has 2 aromatic carbocycles. The number of hydrogen-bond acceptors (Lipinski definition) is 5. The van der Waals surface area contributed by atoms with Crippen molar-refractivity contribution in [1.29, 1.82) is 0 Å². The summed E-state index contributed by atoms with van der Waals surface area (Å²) in [5, 5.41) is 14.4. The topological polar surface area (TPSA) is 76.1 Å². The van der Waals surface area contributed by atoms with Gasteiger partial charge in [-0.25, -0.2) is 0 Å². The Bertz CT molecular complexity index is 929. The SMILES string of the molecule is COc1ccc(Cl)cc1Nc1ccc(C(=O)Nc2cccc(C)c2)nn1. The number of benzene rings is 2. The predicted molar refractivity (Wildman–Crippen MR) is 102 cm³/mol. The van der Waals surface area contributed by atoms with Crippen LogP contribution in [0.4, 0.5) is 17.2 Å². The molecule has 6 nitrogen and oxygen atoms in total. The highest BCUT2D eigenvalue weighted by atomic mass is 35.5. The van der Waals surface area contributed by atoms with Crippen molar-refractivity contribution in [3.8, 4) is 5.75 Å². The number of nitrogens with zero attached hydrogens (tertiary/aromatic N) is 2. The number of aryl methyl sites for hydroxylation is 1. The van der Waals surface area contributed by atoms with Gasteiger partial charge in [0.15, 0.2) is 11.5 Å². The Hall–Kier alpha value is -3.12. The number of carbonyl (C=O) groups excluding carboxylic acids is 1. The van der Waals surface area contributed by atoms with Gasteiger partial charge in [0.05, 0.1) is 12.8 Å². The molecular weight excluding hydrogens is 352 g/mol. The lowest BCUT2D eigenvalue weighted by molar-refractivity contribution is 0.102. The highest BCUT2D eigenvalue weighted by Crippen LogP contribution is 2.29. The summed E-state index contributed by atoms with van der Waals surface area (Å²) in [4.78, 5) is 12.3. The van der Waals surface area contributed by atoms with Crippen molar-refractivity contribution in [3.05, 3.63) is 70.9 Å². The van der Waals surface area contributed by atoms with Crippen LogP contribution < -0.4 is 15.4 Å². The second kappa shape index (κ2) is 7.84. The second-order valence-corrected chi connectivity index (χ2v) is 6.03. The molecule has 0 saturated heterocycles. The Labute approximate surface area is 156 Å². The molecule has 0 unspecified atom stereocenters. The maximum Gasteiger partial charge on any atom is 0.276 e. The van der Waals surface area contributed by atoms with Gasteiger partial charge in [0.25, 0.3) is 5.91 Å². The fourth-order valence-electron chi connectivity index (χ4n) is 2.35. The third-order valence-corrected chi connectivity index (χ3v) is 3.83. The van der Waals surface area contributed by atoms with Gasteiger partial charge in [-0.2, -0.15) is 0 Å². The van der Waals surface area contributed by atoms with Crippen molar-refractivity contribution in [3.63, 3.8) is 0 Å². The minimum atomic E-state index is -0.324. The standard InChI is InChI=1S/C19H17ClN4O2/c1-12-4-3-5-14(10-12)21-19(25)15-7-9-18(24-23-15)22-16-11-13(20)6-8-17(16)26-2/h3-11H,1-2H3,(H,21,25)(H,22,24). The van der Waals surface area contributed by atoms with E-state index in [0.717, 1.165) is 5.56 Å². The van der Waals surface area contributed by atoms with Crippen LogP contribution >= 0.6 is 11.6 Å². The zero-order chi connectivity index (χ0) is 18.5. The number of anilines is 3. The molecular formula is C19H17ClN4O2. The van der Waals surface area contributed by atoms with E-state index in [2.05, 4.69) is 20.8 Å². The van der Waals surface area contributed by atoms with Gasteiger partial charge in [0.2, 0.25) is 0 Å². The van der Waals surface area contributed by atoms with E-state index in [1.165, 1.54) is 0 Å². The van der Waals surface area contributed by atoms with Crippen molar-refractivity contribution >= 4 is 34.7 Å². The molecule has 1 aromatic heterocycles. The van der Waals surface area contributed by atoms with Crippen LogP contribution in [0.2, 0.25) is 5.02 Å². The Morgan fingerprint density at radius 1 is 1.08 bits per heavy atom. The second-order valence-electron chi connectivity index (χ2n) is 5.60. The van der Waals surface area contributed by atoms with E-state index in [1.807, 2.05) is 31.2 Å².